The largest absolute Gasteiger partial charge is 0.444 e. The monoisotopic (exact) mass is 585 g/mol. The van der Waals surface area contributed by atoms with Crippen LogP contribution in [0.5, 0.6) is 0 Å². The van der Waals surface area contributed by atoms with E-state index < -0.39 is 17.6 Å². The molecule has 2 amide bonds. The van der Waals surface area contributed by atoms with Crippen LogP contribution in [0, 0.1) is 18.8 Å². The van der Waals surface area contributed by atoms with Gasteiger partial charge in [-0.1, -0.05) is 35.6 Å². The van der Waals surface area contributed by atoms with E-state index in [1.54, 1.807) is 18.2 Å². The summed E-state index contributed by atoms with van der Waals surface area (Å²) < 4.78 is 5.24. The van der Waals surface area contributed by atoms with Crippen LogP contribution in [0.4, 0.5) is 16.4 Å². The summed E-state index contributed by atoms with van der Waals surface area (Å²) in [5.41, 5.74) is 16.5. The zero-order valence-corrected chi connectivity index (χ0v) is 24.5. The number of nitrogens with one attached hydrogen (secondary N) is 3. The first kappa shape index (κ1) is 30.0. The molecule has 0 radical (unpaired) electrons. The van der Waals surface area contributed by atoms with Crippen molar-refractivity contribution in [2.75, 3.05) is 24.1 Å². The number of carbonyl (C=O) groups is 2. The van der Waals surface area contributed by atoms with Gasteiger partial charge in [0.25, 0.3) is 5.91 Å². The SMILES string of the molecule is Cc1ccc(Cl)cc1-c1[nH]c(-c2nc(N)ncc2C#Cc2cccc(NCCNC(=O)OC(C)(C)C)c2)cc1C(N)=O. The fourth-order valence-corrected chi connectivity index (χ4v) is 4.25. The molecule has 2 heterocycles. The molecule has 11 heteroatoms. The Morgan fingerprint density at radius 2 is 1.88 bits per heavy atom. The molecule has 2 aromatic carbocycles. The van der Waals surface area contributed by atoms with Crippen molar-refractivity contribution in [2.24, 2.45) is 5.73 Å². The Morgan fingerprint density at radius 3 is 2.62 bits per heavy atom. The minimum Gasteiger partial charge on any atom is -0.444 e. The van der Waals surface area contributed by atoms with E-state index in [1.165, 1.54) is 6.20 Å². The Balaban J connectivity index is 1.57. The molecule has 0 aliphatic rings. The maximum atomic E-state index is 12.4. The van der Waals surface area contributed by atoms with Gasteiger partial charge in [0.2, 0.25) is 5.95 Å². The number of aryl methyl sites for hydroxylation is 1. The maximum absolute atomic E-state index is 12.4. The number of nitrogens with zero attached hydrogens (tertiary/aromatic N) is 2. The molecule has 4 aromatic rings. The first-order valence-corrected chi connectivity index (χ1v) is 13.5. The number of halogens is 1. The van der Waals surface area contributed by atoms with Crippen molar-refractivity contribution in [3.8, 4) is 34.5 Å². The summed E-state index contributed by atoms with van der Waals surface area (Å²) in [6.45, 7) is 8.23. The maximum Gasteiger partial charge on any atom is 0.407 e. The summed E-state index contributed by atoms with van der Waals surface area (Å²) in [4.78, 5) is 36.0. The lowest BCUT2D eigenvalue weighted by Crippen LogP contribution is -2.34. The smallest absolute Gasteiger partial charge is 0.407 e. The number of benzene rings is 2. The van der Waals surface area contributed by atoms with Gasteiger partial charge >= 0.3 is 6.09 Å². The van der Waals surface area contributed by atoms with Gasteiger partial charge in [0.15, 0.2) is 0 Å². The lowest BCUT2D eigenvalue weighted by molar-refractivity contribution is 0.0530. The van der Waals surface area contributed by atoms with Crippen LogP contribution in [0.1, 0.15) is 47.8 Å². The van der Waals surface area contributed by atoms with Gasteiger partial charge in [0, 0.05) is 41.1 Å². The molecular weight excluding hydrogens is 554 g/mol. The van der Waals surface area contributed by atoms with Crippen molar-refractivity contribution in [3.63, 3.8) is 0 Å². The van der Waals surface area contributed by atoms with Crippen LogP contribution < -0.4 is 22.1 Å². The second kappa shape index (κ2) is 12.7. The highest BCUT2D eigenvalue weighted by molar-refractivity contribution is 6.31. The minimum absolute atomic E-state index is 0.0532. The standard InChI is InChI=1S/C31H32ClN7O3/c1-18-8-11-21(32)15-23(18)27-24(28(33)40)16-25(38-27)26-20(17-37-29(34)39-26)10-9-19-6-5-7-22(14-19)35-12-13-36-30(41)42-31(2,3)4/h5-8,11,14-17,35,38H,12-13H2,1-4H3,(H2,33,40)(H,36,41)(H2,34,37,39). The zero-order valence-electron chi connectivity index (χ0n) is 23.8. The number of H-pyrrole nitrogens is 1. The normalized spacial score (nSPS) is 10.9. The van der Waals surface area contributed by atoms with E-state index in [4.69, 9.17) is 27.8 Å². The van der Waals surface area contributed by atoms with E-state index in [9.17, 15) is 9.59 Å². The number of anilines is 2. The Hall–Kier alpha value is -5.01. The number of ether oxygens (including phenoxy) is 1. The van der Waals surface area contributed by atoms with Crippen LogP contribution in [0.3, 0.4) is 0 Å². The number of rotatable bonds is 7. The molecule has 0 saturated carbocycles. The van der Waals surface area contributed by atoms with Crippen molar-refractivity contribution >= 4 is 35.2 Å². The molecule has 7 N–H and O–H groups in total. The van der Waals surface area contributed by atoms with Crippen LogP contribution in [0.15, 0.2) is 54.7 Å². The number of amides is 2. The molecule has 4 rings (SSSR count). The van der Waals surface area contributed by atoms with Gasteiger partial charge in [0.1, 0.15) is 11.3 Å². The first-order chi connectivity index (χ1) is 19.9. The van der Waals surface area contributed by atoms with Gasteiger partial charge in [-0.05, 0) is 69.7 Å². The number of primary amides is 1. The number of nitrogens with two attached hydrogens (primary N) is 2. The fourth-order valence-electron chi connectivity index (χ4n) is 4.08. The number of hydrogen-bond donors (Lipinski definition) is 5. The molecule has 42 heavy (non-hydrogen) atoms. The van der Waals surface area contributed by atoms with Gasteiger partial charge < -0.3 is 31.8 Å². The summed E-state index contributed by atoms with van der Waals surface area (Å²) in [6, 6.07) is 14.6. The van der Waals surface area contributed by atoms with Crippen LogP contribution in [0.2, 0.25) is 5.02 Å². The van der Waals surface area contributed by atoms with E-state index in [-0.39, 0.29) is 11.5 Å². The molecule has 0 unspecified atom stereocenters. The van der Waals surface area contributed by atoms with E-state index >= 15 is 0 Å². The summed E-state index contributed by atoms with van der Waals surface area (Å²) in [5, 5.41) is 6.49. The van der Waals surface area contributed by atoms with Gasteiger partial charge in [-0.25, -0.2) is 14.8 Å². The lowest BCUT2D eigenvalue weighted by Gasteiger charge is -2.19. The molecule has 0 bridgehead atoms. The number of carbonyl (C=O) groups excluding carboxylic acids is 2. The third kappa shape index (κ3) is 7.80. The number of hydrogen-bond acceptors (Lipinski definition) is 7. The highest BCUT2D eigenvalue weighted by atomic mass is 35.5. The molecule has 0 spiro atoms. The second-order valence-electron chi connectivity index (χ2n) is 10.5. The Morgan fingerprint density at radius 1 is 1.10 bits per heavy atom. The van der Waals surface area contributed by atoms with Crippen molar-refractivity contribution in [3.05, 3.63) is 82.0 Å². The summed E-state index contributed by atoms with van der Waals surface area (Å²) in [7, 11) is 0. The van der Waals surface area contributed by atoms with Crippen LogP contribution >= 0.6 is 11.6 Å². The second-order valence-corrected chi connectivity index (χ2v) is 10.9. The van der Waals surface area contributed by atoms with Crippen molar-refractivity contribution in [2.45, 2.75) is 33.3 Å². The lowest BCUT2D eigenvalue weighted by atomic mass is 10.0. The third-order valence-corrected chi connectivity index (χ3v) is 6.18. The van der Waals surface area contributed by atoms with Gasteiger partial charge in [-0.2, -0.15) is 0 Å². The van der Waals surface area contributed by atoms with E-state index in [2.05, 4.69) is 37.4 Å². The van der Waals surface area contributed by atoms with E-state index in [0.29, 0.717) is 40.8 Å². The Bertz CT molecular complexity index is 1700. The molecule has 10 nitrogen and oxygen atoms in total. The Labute approximate surface area is 249 Å². The third-order valence-electron chi connectivity index (χ3n) is 5.94. The average Bonchev–Trinajstić information content (AvgIpc) is 3.37. The van der Waals surface area contributed by atoms with Crippen LogP contribution in [-0.4, -0.2) is 45.6 Å². The molecule has 0 atom stereocenters. The average molecular weight is 586 g/mol. The molecule has 216 valence electrons. The quantitative estimate of drug-likeness (QED) is 0.148. The van der Waals surface area contributed by atoms with E-state index in [1.807, 2.05) is 58.0 Å². The molecule has 0 aliphatic heterocycles. The number of aromatic amines is 1. The highest BCUT2D eigenvalue weighted by Crippen LogP contribution is 2.33. The Kier molecular flexibility index (Phi) is 9.03. The van der Waals surface area contributed by atoms with Crippen molar-refractivity contribution < 1.29 is 14.3 Å². The number of nitrogen functional groups attached to an aromatic ring is 1. The summed E-state index contributed by atoms with van der Waals surface area (Å²) >= 11 is 6.24. The molecule has 0 saturated heterocycles. The van der Waals surface area contributed by atoms with Crippen molar-refractivity contribution in [1.82, 2.24) is 20.3 Å². The number of aromatic nitrogens is 3. The molecule has 2 aromatic heterocycles. The topological polar surface area (TPSA) is 161 Å². The van der Waals surface area contributed by atoms with E-state index in [0.717, 1.165) is 22.4 Å². The fraction of sp³-hybridized carbons (Fsp3) is 0.226. The first-order valence-electron chi connectivity index (χ1n) is 13.1. The van der Waals surface area contributed by atoms with Gasteiger partial charge in [-0.15, -0.1) is 0 Å². The highest BCUT2D eigenvalue weighted by Gasteiger charge is 2.20. The zero-order chi connectivity index (χ0) is 30.4. The van der Waals surface area contributed by atoms with Gasteiger partial charge in [-0.3, -0.25) is 4.79 Å². The predicted molar refractivity (Wildman–Crippen MR) is 165 cm³/mol. The summed E-state index contributed by atoms with van der Waals surface area (Å²) in [5.74, 6) is 5.70. The van der Waals surface area contributed by atoms with Crippen LogP contribution in [-0.2, 0) is 4.74 Å². The molecule has 0 fully saturated rings. The minimum atomic E-state index is -0.604. The van der Waals surface area contributed by atoms with Gasteiger partial charge in [0.05, 0.1) is 22.5 Å². The molecular formula is C31H32ClN7O3. The predicted octanol–water partition coefficient (Wildman–Crippen LogP) is 5.12. The summed E-state index contributed by atoms with van der Waals surface area (Å²) in [6.07, 6.45) is 1.06. The van der Waals surface area contributed by atoms with Crippen molar-refractivity contribution in [1.29, 1.82) is 0 Å². The van der Waals surface area contributed by atoms with Crippen LogP contribution in [0.25, 0.3) is 22.6 Å². The molecule has 0 aliphatic carbocycles. The number of alkyl carbamates (subject to hydrolysis) is 1.